The fraction of sp³-hybridized carbons (Fsp3) is 0.667. The van der Waals surface area contributed by atoms with E-state index in [1.54, 1.807) is 13.2 Å². The van der Waals surface area contributed by atoms with Crippen LogP contribution in [0.3, 0.4) is 0 Å². The Morgan fingerprint density at radius 2 is 2.23 bits per heavy atom. The Kier molecular flexibility index (Phi) is 7.24. The van der Waals surface area contributed by atoms with Crippen molar-refractivity contribution in [1.82, 2.24) is 0 Å². The van der Waals surface area contributed by atoms with Gasteiger partial charge in [0.05, 0.1) is 0 Å². The van der Waals surface area contributed by atoms with Crippen molar-refractivity contribution in [2.75, 3.05) is 13.7 Å². The number of hydrogen-bond donors (Lipinski definition) is 2. The van der Waals surface area contributed by atoms with Crippen LogP contribution in [-0.4, -0.2) is 36.0 Å². The first kappa shape index (κ1) is 12.1. The Morgan fingerprint density at radius 3 is 2.77 bits per heavy atom. The lowest BCUT2D eigenvalue weighted by molar-refractivity contribution is -0.146. The Morgan fingerprint density at radius 1 is 1.54 bits per heavy atom. The highest BCUT2D eigenvalue weighted by Crippen LogP contribution is 1.96. The summed E-state index contributed by atoms with van der Waals surface area (Å²) in [4.78, 5) is 10.2. The highest BCUT2D eigenvalue weighted by atomic mass is 16.5. The molecule has 76 valence electrons. The fourth-order valence-corrected chi connectivity index (χ4v) is 0.789. The van der Waals surface area contributed by atoms with Crippen molar-refractivity contribution in [3.05, 3.63) is 12.2 Å². The fourth-order valence-electron chi connectivity index (χ4n) is 0.789. The molecule has 0 aliphatic rings. The summed E-state index contributed by atoms with van der Waals surface area (Å²) in [6.07, 6.45) is 4.18. The molecule has 2 N–H and O–H groups in total. The molecule has 13 heavy (non-hydrogen) atoms. The molecule has 0 bridgehead atoms. The maximum absolute atomic E-state index is 10.2. The van der Waals surface area contributed by atoms with Crippen molar-refractivity contribution in [3.8, 4) is 0 Å². The lowest BCUT2D eigenvalue weighted by Gasteiger charge is -1.99. The van der Waals surface area contributed by atoms with Crippen molar-refractivity contribution < 1.29 is 19.7 Å². The number of hydrogen-bond acceptors (Lipinski definition) is 3. The molecule has 0 saturated carbocycles. The molecular formula is C9H16O4. The summed E-state index contributed by atoms with van der Waals surface area (Å²) in [5.41, 5.74) is 0. The number of ether oxygens (including phenoxy) is 1. The van der Waals surface area contributed by atoms with E-state index in [1.165, 1.54) is 0 Å². The largest absolute Gasteiger partial charge is 0.479 e. The smallest absolute Gasteiger partial charge is 0.332 e. The van der Waals surface area contributed by atoms with E-state index in [0.29, 0.717) is 6.61 Å². The monoisotopic (exact) mass is 188 g/mol. The minimum absolute atomic E-state index is 0.169. The van der Waals surface area contributed by atoms with Crippen LogP contribution >= 0.6 is 0 Å². The standard InChI is InChI=1S/C9H16O4/c1-13-7-5-3-2-4-6-8(10)9(11)12/h2,4,8,10H,3,5-7H2,1H3,(H,11,12). The number of methoxy groups -OCH3 is 1. The summed E-state index contributed by atoms with van der Waals surface area (Å²) in [5.74, 6) is -1.18. The maximum Gasteiger partial charge on any atom is 0.332 e. The van der Waals surface area contributed by atoms with Gasteiger partial charge >= 0.3 is 5.97 Å². The summed E-state index contributed by atoms with van der Waals surface area (Å²) in [5, 5.41) is 17.2. The molecule has 0 spiro atoms. The highest BCUT2D eigenvalue weighted by Gasteiger charge is 2.09. The van der Waals surface area contributed by atoms with Gasteiger partial charge < -0.3 is 14.9 Å². The number of unbranched alkanes of at least 4 members (excludes halogenated alkanes) is 1. The van der Waals surface area contributed by atoms with Gasteiger partial charge in [-0.1, -0.05) is 12.2 Å². The van der Waals surface area contributed by atoms with Gasteiger partial charge in [0, 0.05) is 20.1 Å². The molecule has 0 aromatic heterocycles. The second kappa shape index (κ2) is 7.76. The molecule has 0 fully saturated rings. The van der Waals surface area contributed by atoms with E-state index in [4.69, 9.17) is 14.9 Å². The predicted octanol–water partition coefficient (Wildman–Crippen LogP) is 0.805. The third-order valence-corrected chi connectivity index (χ3v) is 1.53. The Balaban J connectivity index is 3.35. The molecule has 0 aromatic carbocycles. The van der Waals surface area contributed by atoms with Crippen LogP contribution in [0.2, 0.25) is 0 Å². The average molecular weight is 188 g/mol. The molecule has 4 heteroatoms. The van der Waals surface area contributed by atoms with Gasteiger partial charge in [-0.3, -0.25) is 0 Å². The molecule has 0 aliphatic heterocycles. The van der Waals surface area contributed by atoms with Crippen LogP contribution in [0, 0.1) is 0 Å². The highest BCUT2D eigenvalue weighted by molar-refractivity contribution is 5.72. The van der Waals surface area contributed by atoms with Gasteiger partial charge in [0.1, 0.15) is 0 Å². The Labute approximate surface area is 77.8 Å². The zero-order valence-corrected chi connectivity index (χ0v) is 7.77. The van der Waals surface area contributed by atoms with Gasteiger partial charge in [-0.25, -0.2) is 4.79 Å². The average Bonchev–Trinajstić information content (AvgIpc) is 2.10. The van der Waals surface area contributed by atoms with Crippen molar-refractivity contribution in [1.29, 1.82) is 0 Å². The minimum Gasteiger partial charge on any atom is -0.479 e. The number of allylic oxidation sites excluding steroid dienone is 1. The van der Waals surface area contributed by atoms with Crippen molar-refractivity contribution in [2.45, 2.75) is 25.4 Å². The third kappa shape index (κ3) is 7.49. The van der Waals surface area contributed by atoms with Crippen LogP contribution in [0.15, 0.2) is 12.2 Å². The van der Waals surface area contributed by atoms with Gasteiger partial charge in [0.15, 0.2) is 6.10 Å². The van der Waals surface area contributed by atoms with E-state index in [1.807, 2.05) is 6.08 Å². The van der Waals surface area contributed by atoms with E-state index in [0.717, 1.165) is 12.8 Å². The number of rotatable bonds is 7. The van der Waals surface area contributed by atoms with Crippen LogP contribution in [0.4, 0.5) is 0 Å². The zero-order chi connectivity index (χ0) is 10.1. The normalized spacial score (nSPS) is 13.4. The first-order chi connectivity index (χ1) is 6.18. The van der Waals surface area contributed by atoms with Gasteiger partial charge in [0.2, 0.25) is 0 Å². The van der Waals surface area contributed by atoms with Crippen LogP contribution in [-0.2, 0) is 9.53 Å². The molecule has 0 radical (unpaired) electrons. The zero-order valence-electron chi connectivity index (χ0n) is 7.77. The second-order valence-electron chi connectivity index (χ2n) is 2.70. The molecule has 0 aromatic rings. The first-order valence-corrected chi connectivity index (χ1v) is 4.23. The van der Waals surface area contributed by atoms with Crippen molar-refractivity contribution >= 4 is 5.97 Å². The van der Waals surface area contributed by atoms with E-state index >= 15 is 0 Å². The molecule has 0 heterocycles. The van der Waals surface area contributed by atoms with Crippen molar-refractivity contribution in [2.24, 2.45) is 0 Å². The number of carboxylic acids is 1. The molecular weight excluding hydrogens is 172 g/mol. The SMILES string of the molecule is COCCCC=CCC(O)C(=O)O. The quantitative estimate of drug-likeness (QED) is 0.458. The van der Waals surface area contributed by atoms with Crippen molar-refractivity contribution in [3.63, 3.8) is 0 Å². The van der Waals surface area contributed by atoms with Crippen LogP contribution in [0.5, 0.6) is 0 Å². The number of carbonyl (C=O) groups is 1. The molecule has 0 saturated heterocycles. The van der Waals surface area contributed by atoms with Gasteiger partial charge in [0.25, 0.3) is 0 Å². The Bertz CT molecular complexity index is 165. The topological polar surface area (TPSA) is 66.8 Å². The van der Waals surface area contributed by atoms with Crippen LogP contribution in [0.25, 0.3) is 0 Å². The van der Waals surface area contributed by atoms with E-state index in [9.17, 15) is 4.79 Å². The van der Waals surface area contributed by atoms with E-state index < -0.39 is 12.1 Å². The van der Waals surface area contributed by atoms with E-state index in [2.05, 4.69) is 0 Å². The Hall–Kier alpha value is -0.870. The number of aliphatic hydroxyl groups is 1. The molecule has 1 unspecified atom stereocenters. The van der Waals surface area contributed by atoms with Gasteiger partial charge in [-0.05, 0) is 12.8 Å². The number of aliphatic hydroxyl groups excluding tert-OH is 1. The van der Waals surface area contributed by atoms with Gasteiger partial charge in [-0.2, -0.15) is 0 Å². The molecule has 0 rings (SSSR count). The number of carboxylic acid groups (broad SMARTS) is 1. The van der Waals surface area contributed by atoms with Crippen LogP contribution in [0.1, 0.15) is 19.3 Å². The molecule has 0 amide bonds. The lowest BCUT2D eigenvalue weighted by Crippen LogP contribution is -2.17. The second-order valence-corrected chi connectivity index (χ2v) is 2.70. The predicted molar refractivity (Wildman–Crippen MR) is 48.5 cm³/mol. The molecule has 0 aliphatic carbocycles. The summed E-state index contributed by atoms with van der Waals surface area (Å²) in [6.45, 7) is 0.700. The summed E-state index contributed by atoms with van der Waals surface area (Å²) >= 11 is 0. The molecule has 4 nitrogen and oxygen atoms in total. The minimum atomic E-state index is -1.28. The molecule has 1 atom stereocenters. The first-order valence-electron chi connectivity index (χ1n) is 4.23. The van der Waals surface area contributed by atoms with Gasteiger partial charge in [-0.15, -0.1) is 0 Å². The summed E-state index contributed by atoms with van der Waals surface area (Å²) in [7, 11) is 1.64. The lowest BCUT2D eigenvalue weighted by atomic mass is 10.2. The maximum atomic E-state index is 10.2. The third-order valence-electron chi connectivity index (χ3n) is 1.53. The van der Waals surface area contributed by atoms with E-state index in [-0.39, 0.29) is 6.42 Å². The van der Waals surface area contributed by atoms with Crippen LogP contribution < -0.4 is 0 Å². The summed E-state index contributed by atoms with van der Waals surface area (Å²) in [6, 6.07) is 0. The number of aliphatic carboxylic acids is 1. The summed E-state index contributed by atoms with van der Waals surface area (Å²) < 4.78 is 4.83.